The molecule has 4 aliphatic carbocycles. The van der Waals surface area contributed by atoms with Crippen molar-refractivity contribution in [3.05, 3.63) is 66.2 Å². The van der Waals surface area contributed by atoms with E-state index in [0.29, 0.717) is 47.5 Å². The van der Waals surface area contributed by atoms with Gasteiger partial charge in [-0.1, -0.05) is 57.2 Å². The second-order valence-electron chi connectivity index (χ2n) is 14.6. The summed E-state index contributed by atoms with van der Waals surface area (Å²) in [6.07, 6.45) is 10.5. The molecule has 5 nitrogen and oxygen atoms in total. The van der Waals surface area contributed by atoms with Crippen LogP contribution in [0, 0.1) is 46.3 Å². The number of fused-ring (bicyclic) bond motifs is 5. The van der Waals surface area contributed by atoms with Crippen LogP contribution in [0.5, 0.6) is 5.75 Å². The summed E-state index contributed by atoms with van der Waals surface area (Å²) in [4.78, 5) is 24.9. The highest BCUT2D eigenvalue weighted by atomic mass is 16.5. The van der Waals surface area contributed by atoms with E-state index < -0.39 is 0 Å². The van der Waals surface area contributed by atoms with Gasteiger partial charge in [-0.3, -0.25) is 4.79 Å². The van der Waals surface area contributed by atoms with Crippen LogP contribution in [-0.2, 0) is 14.3 Å². The summed E-state index contributed by atoms with van der Waals surface area (Å²) >= 11 is 0. The van der Waals surface area contributed by atoms with Crippen molar-refractivity contribution in [3.63, 3.8) is 0 Å². The van der Waals surface area contributed by atoms with Gasteiger partial charge in [-0.2, -0.15) is 0 Å². The molecule has 0 heterocycles. The molecule has 0 aliphatic heterocycles. The van der Waals surface area contributed by atoms with Gasteiger partial charge in [0.05, 0.1) is 12.7 Å². The van der Waals surface area contributed by atoms with Gasteiger partial charge in [-0.25, -0.2) is 4.79 Å². The third kappa shape index (κ3) is 5.62. The molecule has 4 fully saturated rings. The highest BCUT2D eigenvalue weighted by Gasteiger charge is 2.65. The largest absolute Gasteiger partial charge is 0.490 e. The third-order valence-corrected chi connectivity index (χ3v) is 12.8. The molecule has 6 rings (SSSR count). The van der Waals surface area contributed by atoms with Gasteiger partial charge in [0.25, 0.3) is 0 Å². The van der Waals surface area contributed by atoms with Crippen LogP contribution < -0.4 is 4.74 Å². The lowest BCUT2D eigenvalue weighted by Crippen LogP contribution is -2.60. The van der Waals surface area contributed by atoms with Crippen molar-refractivity contribution in [2.24, 2.45) is 46.3 Å². The molecule has 0 N–H and O–H groups in total. The van der Waals surface area contributed by atoms with Crippen molar-refractivity contribution < 1.29 is 23.8 Å². The molecule has 0 radical (unpaired) electrons. The lowest BCUT2D eigenvalue weighted by molar-refractivity contribution is -0.168. The molecule has 0 saturated heterocycles. The fraction of sp³-hybridized carbons (Fsp3) is 0.632. The molecule has 5 heteroatoms. The maximum atomic E-state index is 12.9. The molecule has 0 bridgehead atoms. The van der Waals surface area contributed by atoms with E-state index >= 15 is 0 Å². The van der Waals surface area contributed by atoms with E-state index in [4.69, 9.17) is 14.2 Å². The number of methoxy groups -OCH3 is 1. The first-order valence-electron chi connectivity index (χ1n) is 16.8. The number of esters is 2. The van der Waals surface area contributed by atoms with Gasteiger partial charge in [-0.15, -0.1) is 0 Å². The van der Waals surface area contributed by atoms with Crippen molar-refractivity contribution in [1.29, 1.82) is 0 Å². The second-order valence-corrected chi connectivity index (χ2v) is 14.6. The van der Waals surface area contributed by atoms with Crippen LogP contribution in [0.2, 0.25) is 0 Å². The Hall–Kier alpha value is -2.82. The molecule has 0 amide bonds. The van der Waals surface area contributed by atoms with E-state index in [0.717, 1.165) is 37.9 Å². The van der Waals surface area contributed by atoms with Crippen LogP contribution >= 0.6 is 0 Å². The summed E-state index contributed by atoms with van der Waals surface area (Å²) < 4.78 is 18.1. The normalized spacial score (nSPS) is 37.3. The average Bonchev–Trinajstić information content (AvgIpc) is 3.39. The summed E-state index contributed by atoms with van der Waals surface area (Å²) in [6, 6.07) is 19.8. The molecular formula is C38H50O5. The van der Waals surface area contributed by atoms with Crippen molar-refractivity contribution in [1.82, 2.24) is 0 Å². The molecular weight excluding hydrogens is 536 g/mol. The Balaban J connectivity index is 1.23. The molecule has 4 aliphatic rings. The number of benzene rings is 2. The molecule has 10 atom stereocenters. The Morgan fingerprint density at radius 3 is 2.33 bits per heavy atom. The number of hydrogen-bond acceptors (Lipinski definition) is 5. The van der Waals surface area contributed by atoms with E-state index in [-0.39, 0.29) is 35.0 Å². The Morgan fingerprint density at radius 1 is 0.884 bits per heavy atom. The maximum absolute atomic E-state index is 12.9. The molecule has 232 valence electrons. The summed E-state index contributed by atoms with van der Waals surface area (Å²) in [5.74, 6) is 4.12. The van der Waals surface area contributed by atoms with Crippen LogP contribution in [0.4, 0.5) is 0 Å². The van der Waals surface area contributed by atoms with Crippen molar-refractivity contribution in [2.45, 2.75) is 97.2 Å². The fourth-order valence-corrected chi connectivity index (χ4v) is 10.5. The van der Waals surface area contributed by atoms with Gasteiger partial charge in [-0.05, 0) is 123 Å². The molecule has 2 aromatic carbocycles. The van der Waals surface area contributed by atoms with Crippen LogP contribution in [-0.4, -0.2) is 31.3 Å². The van der Waals surface area contributed by atoms with Gasteiger partial charge in [0.2, 0.25) is 0 Å². The first-order chi connectivity index (χ1) is 20.7. The second kappa shape index (κ2) is 12.3. The average molecular weight is 587 g/mol. The first kappa shape index (κ1) is 30.2. The van der Waals surface area contributed by atoms with Crippen LogP contribution in [0.15, 0.2) is 60.7 Å². The van der Waals surface area contributed by atoms with E-state index in [1.807, 2.05) is 30.3 Å². The van der Waals surface area contributed by atoms with Crippen molar-refractivity contribution >= 4 is 11.9 Å². The van der Waals surface area contributed by atoms with Gasteiger partial charge in [0, 0.05) is 11.8 Å². The van der Waals surface area contributed by atoms with Gasteiger partial charge < -0.3 is 14.2 Å². The Bertz CT molecular complexity index is 1260. The Kier molecular flexibility index (Phi) is 8.63. The zero-order chi connectivity index (χ0) is 30.2. The first-order valence-corrected chi connectivity index (χ1v) is 16.8. The predicted molar refractivity (Wildman–Crippen MR) is 168 cm³/mol. The minimum absolute atomic E-state index is 0.000857. The van der Waals surface area contributed by atoms with Gasteiger partial charge in [0.1, 0.15) is 18.0 Å². The molecule has 43 heavy (non-hydrogen) atoms. The van der Waals surface area contributed by atoms with Gasteiger partial charge >= 0.3 is 11.9 Å². The summed E-state index contributed by atoms with van der Waals surface area (Å²) in [5.41, 5.74) is 0.939. The third-order valence-electron chi connectivity index (χ3n) is 12.8. The van der Waals surface area contributed by atoms with Crippen LogP contribution in [0.3, 0.4) is 0 Å². The summed E-state index contributed by atoms with van der Waals surface area (Å²) in [6.45, 7) is 7.43. The molecule has 4 saturated carbocycles. The predicted octanol–water partition coefficient (Wildman–Crippen LogP) is 8.52. The lowest BCUT2D eigenvalue weighted by Gasteiger charge is -2.63. The van der Waals surface area contributed by atoms with E-state index in [1.165, 1.54) is 32.8 Å². The zero-order valence-electron chi connectivity index (χ0n) is 26.5. The van der Waals surface area contributed by atoms with Crippen molar-refractivity contribution in [2.75, 3.05) is 7.11 Å². The van der Waals surface area contributed by atoms with E-state index in [1.54, 1.807) is 0 Å². The lowest BCUT2D eigenvalue weighted by atomic mass is 9.43. The van der Waals surface area contributed by atoms with Crippen LogP contribution in [0.25, 0.3) is 0 Å². The monoisotopic (exact) mass is 586 g/mol. The minimum Gasteiger partial charge on any atom is -0.490 e. The maximum Gasteiger partial charge on any atom is 0.338 e. The number of carbonyl (C=O) groups excluding carboxylic acids is 2. The van der Waals surface area contributed by atoms with E-state index in [2.05, 4.69) is 51.1 Å². The Morgan fingerprint density at radius 2 is 1.60 bits per heavy atom. The quantitative estimate of drug-likeness (QED) is 0.290. The topological polar surface area (TPSA) is 61.8 Å². The number of ether oxygens (including phenoxy) is 3. The zero-order valence-corrected chi connectivity index (χ0v) is 26.5. The molecule has 2 aromatic rings. The molecule has 0 spiro atoms. The minimum atomic E-state index is -0.189. The molecule has 0 aromatic heterocycles. The van der Waals surface area contributed by atoms with Gasteiger partial charge in [0.15, 0.2) is 0 Å². The van der Waals surface area contributed by atoms with Crippen molar-refractivity contribution in [3.8, 4) is 5.75 Å². The fourth-order valence-electron chi connectivity index (χ4n) is 10.5. The number of para-hydroxylation sites is 1. The molecule has 7 unspecified atom stereocenters. The highest BCUT2D eigenvalue weighted by molar-refractivity contribution is 5.89. The van der Waals surface area contributed by atoms with Crippen LogP contribution in [0.1, 0.15) is 95.3 Å². The summed E-state index contributed by atoms with van der Waals surface area (Å²) in [5, 5.41) is 0. The number of carbonyl (C=O) groups is 2. The SMILES string of the molecule is COC(=O)CCC(C)C1CCC2C3CCC4CC(OC(=O)c5ccccc5)CC[C@@]4(C)C3C[C@@H](Oc3ccccc3)[C@@]12C. The smallest absolute Gasteiger partial charge is 0.338 e. The number of rotatable bonds is 8. The standard InChI is InChI=1S/C38H50O5/c1-25(15-20-35(39)41-4)31-18-19-32-30-17-16-27-23-29(43-36(40)26-11-7-5-8-12-26)21-22-37(27,2)33(30)24-34(38(31,32)3)42-28-13-9-6-10-14-28/h5-14,25,27,29-34H,15-24H2,1-4H3/t25?,27?,29?,30?,31?,32?,33?,34-,37-,38+/m1/s1. The highest BCUT2D eigenvalue weighted by Crippen LogP contribution is 2.69. The number of hydrogen-bond donors (Lipinski definition) is 0. The summed E-state index contributed by atoms with van der Waals surface area (Å²) in [7, 11) is 1.49. The van der Waals surface area contributed by atoms with E-state index in [9.17, 15) is 9.59 Å². The Labute approximate surface area is 258 Å².